The van der Waals surface area contributed by atoms with Crippen LogP contribution in [0.2, 0.25) is 0 Å². The van der Waals surface area contributed by atoms with Crippen LogP contribution in [0.15, 0.2) is 37.1 Å². The van der Waals surface area contributed by atoms with Crippen LogP contribution in [0.3, 0.4) is 0 Å². The van der Waals surface area contributed by atoms with Crippen molar-refractivity contribution in [3.05, 3.63) is 48.2 Å². The van der Waals surface area contributed by atoms with E-state index < -0.39 is 23.8 Å². The summed E-state index contributed by atoms with van der Waals surface area (Å²) in [4.78, 5) is 36.5. The molecular formula is C13H11NO4. The molecule has 1 atom stereocenters. The van der Waals surface area contributed by atoms with E-state index in [0.717, 1.165) is 11.2 Å². The van der Waals surface area contributed by atoms with Crippen LogP contribution in [0, 0.1) is 0 Å². The second kappa shape index (κ2) is 4.44. The maximum absolute atomic E-state index is 12.0. The Morgan fingerprint density at radius 1 is 1.28 bits per heavy atom. The molecule has 0 N–H and O–H groups in total. The summed E-state index contributed by atoms with van der Waals surface area (Å²) in [6, 6.07) is 5.47. The van der Waals surface area contributed by atoms with Crippen LogP contribution in [0.1, 0.15) is 27.6 Å². The molecule has 18 heavy (non-hydrogen) atoms. The molecule has 2 amide bonds. The minimum absolute atomic E-state index is 0.306. The Hall–Kier alpha value is -2.43. The molecule has 92 valence electrons. The zero-order valence-electron chi connectivity index (χ0n) is 9.75. The number of hydrogen-bond acceptors (Lipinski definition) is 4. The molecule has 0 aromatic heterocycles. The molecule has 1 heterocycles. The Morgan fingerprint density at radius 2 is 1.78 bits per heavy atom. The normalized spacial score (nSPS) is 15.3. The van der Waals surface area contributed by atoms with Gasteiger partial charge in [-0.2, -0.15) is 0 Å². The Labute approximate surface area is 104 Å². The van der Waals surface area contributed by atoms with E-state index in [9.17, 15) is 14.4 Å². The van der Waals surface area contributed by atoms with Gasteiger partial charge in [-0.15, -0.1) is 0 Å². The summed E-state index contributed by atoms with van der Waals surface area (Å²) in [6.07, 6.45) is 0.969. The van der Waals surface area contributed by atoms with E-state index in [1.807, 2.05) is 0 Å². The van der Waals surface area contributed by atoms with Crippen LogP contribution < -0.4 is 0 Å². The molecule has 1 aliphatic rings. The summed E-state index contributed by atoms with van der Waals surface area (Å²) in [5.74, 6) is -1.66. The molecule has 0 bridgehead atoms. The lowest BCUT2D eigenvalue weighted by atomic mass is 10.1. The van der Waals surface area contributed by atoms with E-state index in [4.69, 9.17) is 0 Å². The molecule has 0 saturated carbocycles. The van der Waals surface area contributed by atoms with Crippen molar-refractivity contribution < 1.29 is 19.1 Å². The van der Waals surface area contributed by atoms with Crippen LogP contribution in [-0.4, -0.2) is 28.7 Å². The van der Waals surface area contributed by atoms with Crippen molar-refractivity contribution in [2.45, 2.75) is 13.0 Å². The summed E-state index contributed by atoms with van der Waals surface area (Å²) in [5.41, 5.74) is 0.613. The predicted molar refractivity (Wildman–Crippen MR) is 62.7 cm³/mol. The van der Waals surface area contributed by atoms with Gasteiger partial charge in [-0.1, -0.05) is 18.7 Å². The maximum Gasteiger partial charge on any atom is 0.333 e. The third-order valence-electron chi connectivity index (χ3n) is 2.75. The van der Waals surface area contributed by atoms with Gasteiger partial charge in [-0.05, 0) is 19.1 Å². The number of nitrogens with zero attached hydrogens (tertiary/aromatic N) is 1. The third kappa shape index (κ3) is 1.69. The highest BCUT2D eigenvalue weighted by atomic mass is 16.5. The number of benzene rings is 1. The first-order chi connectivity index (χ1) is 8.57. The number of carbonyl (C=O) groups is 3. The van der Waals surface area contributed by atoms with Crippen molar-refractivity contribution in [1.29, 1.82) is 0 Å². The van der Waals surface area contributed by atoms with E-state index in [-0.39, 0.29) is 0 Å². The summed E-state index contributed by atoms with van der Waals surface area (Å²) in [6.45, 7) is 4.69. The van der Waals surface area contributed by atoms with Gasteiger partial charge in [0.05, 0.1) is 17.4 Å². The van der Waals surface area contributed by atoms with Gasteiger partial charge in [0.15, 0.2) is 0 Å². The summed E-state index contributed by atoms with van der Waals surface area (Å²) >= 11 is 0. The van der Waals surface area contributed by atoms with Crippen molar-refractivity contribution in [2.24, 2.45) is 0 Å². The SMILES string of the molecule is C=COC(=O)[C@@H](C)N1C(=O)c2ccccc2C1=O. The minimum atomic E-state index is -0.976. The summed E-state index contributed by atoms with van der Waals surface area (Å²) < 4.78 is 4.59. The highest BCUT2D eigenvalue weighted by Gasteiger charge is 2.41. The Balaban J connectivity index is 2.34. The lowest BCUT2D eigenvalue weighted by Gasteiger charge is -2.19. The van der Waals surface area contributed by atoms with E-state index in [0.29, 0.717) is 11.1 Å². The Bertz CT molecular complexity index is 515. The average Bonchev–Trinajstić information content (AvgIpc) is 2.62. The number of hydrogen-bond donors (Lipinski definition) is 0. The third-order valence-corrected chi connectivity index (χ3v) is 2.75. The molecule has 0 fully saturated rings. The van der Waals surface area contributed by atoms with Crippen molar-refractivity contribution in [3.63, 3.8) is 0 Å². The lowest BCUT2D eigenvalue weighted by molar-refractivity contribution is -0.141. The highest BCUT2D eigenvalue weighted by Crippen LogP contribution is 2.24. The molecule has 1 aliphatic heterocycles. The number of esters is 1. The van der Waals surface area contributed by atoms with Crippen molar-refractivity contribution in [3.8, 4) is 0 Å². The van der Waals surface area contributed by atoms with Gasteiger partial charge in [0.1, 0.15) is 6.04 Å². The van der Waals surface area contributed by atoms with E-state index >= 15 is 0 Å². The summed E-state index contributed by atoms with van der Waals surface area (Å²) in [5, 5.41) is 0. The molecule has 2 rings (SSSR count). The summed E-state index contributed by atoms with van der Waals surface area (Å²) in [7, 11) is 0. The molecule has 5 heteroatoms. The van der Waals surface area contributed by atoms with Crippen LogP contribution >= 0.6 is 0 Å². The second-order valence-electron chi connectivity index (χ2n) is 3.81. The maximum atomic E-state index is 12.0. The largest absolute Gasteiger partial charge is 0.434 e. The Morgan fingerprint density at radius 3 is 2.22 bits per heavy atom. The van der Waals surface area contributed by atoms with Gasteiger partial charge in [0.2, 0.25) is 0 Å². The number of amides is 2. The molecule has 1 aromatic rings. The van der Waals surface area contributed by atoms with Crippen LogP contribution in [0.25, 0.3) is 0 Å². The van der Waals surface area contributed by atoms with E-state index in [2.05, 4.69) is 11.3 Å². The van der Waals surface area contributed by atoms with Crippen LogP contribution in [-0.2, 0) is 9.53 Å². The average molecular weight is 245 g/mol. The molecule has 5 nitrogen and oxygen atoms in total. The lowest BCUT2D eigenvalue weighted by Crippen LogP contribution is -2.43. The smallest absolute Gasteiger partial charge is 0.333 e. The molecule has 0 radical (unpaired) electrons. The molecule has 0 unspecified atom stereocenters. The molecule has 1 aromatic carbocycles. The van der Waals surface area contributed by atoms with Crippen molar-refractivity contribution in [1.82, 2.24) is 4.90 Å². The van der Waals surface area contributed by atoms with Crippen LogP contribution in [0.4, 0.5) is 0 Å². The van der Waals surface area contributed by atoms with Gasteiger partial charge in [-0.25, -0.2) is 4.79 Å². The number of imide groups is 1. The molecule has 0 spiro atoms. The predicted octanol–water partition coefficient (Wildman–Crippen LogP) is 1.36. The van der Waals surface area contributed by atoms with E-state index in [1.54, 1.807) is 24.3 Å². The second-order valence-corrected chi connectivity index (χ2v) is 3.81. The first-order valence-electron chi connectivity index (χ1n) is 5.36. The van der Waals surface area contributed by atoms with Gasteiger partial charge < -0.3 is 4.74 Å². The number of fused-ring (bicyclic) bond motifs is 1. The van der Waals surface area contributed by atoms with Crippen molar-refractivity contribution >= 4 is 17.8 Å². The minimum Gasteiger partial charge on any atom is -0.434 e. The molecular weight excluding hydrogens is 234 g/mol. The van der Waals surface area contributed by atoms with E-state index in [1.165, 1.54) is 6.92 Å². The number of rotatable bonds is 3. The highest BCUT2D eigenvalue weighted by molar-refractivity contribution is 6.22. The number of carbonyl (C=O) groups excluding carboxylic acids is 3. The standard InChI is InChI=1S/C13H11NO4/c1-3-18-13(17)8(2)14-11(15)9-6-4-5-7-10(9)12(14)16/h3-8H,1H2,2H3/t8-/m1/s1. The van der Waals surface area contributed by atoms with Crippen molar-refractivity contribution in [2.75, 3.05) is 0 Å². The van der Waals surface area contributed by atoms with Crippen LogP contribution in [0.5, 0.6) is 0 Å². The first-order valence-corrected chi connectivity index (χ1v) is 5.36. The zero-order chi connectivity index (χ0) is 13.3. The fourth-order valence-electron chi connectivity index (χ4n) is 1.85. The fourth-order valence-corrected chi connectivity index (χ4v) is 1.85. The fraction of sp³-hybridized carbons (Fsp3) is 0.154. The zero-order valence-corrected chi connectivity index (χ0v) is 9.75. The Kier molecular flexibility index (Phi) is 2.97. The topological polar surface area (TPSA) is 63.7 Å². The monoisotopic (exact) mass is 245 g/mol. The number of ether oxygens (including phenoxy) is 1. The van der Waals surface area contributed by atoms with Gasteiger partial charge in [0.25, 0.3) is 11.8 Å². The molecule has 0 saturated heterocycles. The van der Waals surface area contributed by atoms with Gasteiger partial charge in [-0.3, -0.25) is 14.5 Å². The van der Waals surface area contributed by atoms with Gasteiger partial charge >= 0.3 is 5.97 Å². The molecule has 0 aliphatic carbocycles. The first kappa shape index (κ1) is 12.0. The quantitative estimate of drug-likeness (QED) is 0.458. The van der Waals surface area contributed by atoms with Gasteiger partial charge in [0, 0.05) is 0 Å².